The summed E-state index contributed by atoms with van der Waals surface area (Å²) in [5.41, 5.74) is 1.11. The Bertz CT molecular complexity index is 696. The van der Waals surface area contributed by atoms with Gasteiger partial charge in [0.1, 0.15) is 5.75 Å². The molecule has 7 heteroatoms. The van der Waals surface area contributed by atoms with Crippen LogP contribution < -0.4 is 10.1 Å². The molecule has 0 unspecified atom stereocenters. The number of rotatable bonds is 4. The number of fused-ring (bicyclic) bond motifs is 1. The molecule has 0 saturated carbocycles. The Labute approximate surface area is 142 Å². The molecule has 1 aliphatic rings. The molecule has 1 N–H and O–H groups in total. The molecule has 116 valence electrons. The van der Waals surface area contributed by atoms with Gasteiger partial charge in [0.15, 0.2) is 11.2 Å². The summed E-state index contributed by atoms with van der Waals surface area (Å²) >= 11 is 13.4. The van der Waals surface area contributed by atoms with Crippen molar-refractivity contribution in [2.45, 2.75) is 32.3 Å². The minimum atomic E-state index is -0.683. The topological polar surface area (TPSA) is 51.2 Å². The lowest BCUT2D eigenvalue weighted by molar-refractivity contribution is -0.122. The van der Waals surface area contributed by atoms with Crippen molar-refractivity contribution in [2.24, 2.45) is 0 Å². The molecule has 1 amide bonds. The van der Waals surface area contributed by atoms with Gasteiger partial charge in [-0.05, 0) is 44.4 Å². The fourth-order valence-electron chi connectivity index (χ4n) is 2.27. The van der Waals surface area contributed by atoms with Gasteiger partial charge < -0.3 is 4.74 Å². The lowest BCUT2D eigenvalue weighted by Gasteiger charge is -2.14. The molecular formula is C15H14Cl2N2O2S. The van der Waals surface area contributed by atoms with Crippen LogP contribution in [-0.2, 0) is 17.6 Å². The van der Waals surface area contributed by atoms with Crippen LogP contribution in [-0.4, -0.2) is 17.0 Å². The quantitative estimate of drug-likeness (QED) is 0.885. The van der Waals surface area contributed by atoms with Crippen LogP contribution in [0.2, 0.25) is 10.0 Å². The molecule has 4 nitrogen and oxygen atoms in total. The van der Waals surface area contributed by atoms with Crippen molar-refractivity contribution in [2.75, 3.05) is 5.32 Å². The van der Waals surface area contributed by atoms with Gasteiger partial charge in [-0.25, -0.2) is 4.98 Å². The number of nitrogens with zero attached hydrogens (tertiary/aromatic N) is 1. The molecule has 0 bridgehead atoms. The van der Waals surface area contributed by atoms with Gasteiger partial charge in [-0.1, -0.05) is 23.2 Å². The van der Waals surface area contributed by atoms with E-state index in [1.165, 1.54) is 16.2 Å². The largest absolute Gasteiger partial charge is 0.479 e. The molecule has 1 aromatic carbocycles. The van der Waals surface area contributed by atoms with E-state index in [4.69, 9.17) is 27.9 Å². The van der Waals surface area contributed by atoms with E-state index in [1.807, 2.05) is 0 Å². The highest BCUT2D eigenvalue weighted by Crippen LogP contribution is 2.31. The number of anilines is 1. The second-order valence-corrected chi connectivity index (χ2v) is 6.99. The normalized spacial score (nSPS) is 14.5. The average molecular weight is 357 g/mol. The van der Waals surface area contributed by atoms with Gasteiger partial charge in [-0.3, -0.25) is 10.1 Å². The maximum absolute atomic E-state index is 12.2. The number of ether oxygens (including phenoxy) is 1. The van der Waals surface area contributed by atoms with E-state index in [0.717, 1.165) is 25.0 Å². The predicted octanol–water partition coefficient (Wildman–Crippen LogP) is 4.34. The standard InChI is InChI=1S/C15H14Cl2N2O2S/c1-8(21-12-6-5-9(16)7-10(12)17)14(20)19-15-18-11-3-2-4-13(11)22-15/h5-8H,2-4H2,1H3,(H,18,19,20)/t8-/m1/s1. The van der Waals surface area contributed by atoms with Crippen LogP contribution in [0, 0.1) is 0 Å². The maximum atomic E-state index is 12.2. The third-order valence-corrected chi connectivity index (χ3v) is 5.00. The van der Waals surface area contributed by atoms with E-state index < -0.39 is 6.10 Å². The number of thiazole rings is 1. The number of nitrogens with one attached hydrogen (secondary N) is 1. The Balaban J connectivity index is 1.63. The smallest absolute Gasteiger partial charge is 0.266 e. The van der Waals surface area contributed by atoms with E-state index in [9.17, 15) is 4.79 Å². The highest BCUT2D eigenvalue weighted by molar-refractivity contribution is 7.15. The number of hydrogen-bond acceptors (Lipinski definition) is 4. The van der Waals surface area contributed by atoms with Crippen molar-refractivity contribution in [1.82, 2.24) is 4.98 Å². The lowest BCUT2D eigenvalue weighted by Crippen LogP contribution is -2.30. The van der Waals surface area contributed by atoms with Crippen molar-refractivity contribution >= 4 is 45.6 Å². The number of aromatic nitrogens is 1. The van der Waals surface area contributed by atoms with Crippen LogP contribution in [0.3, 0.4) is 0 Å². The molecule has 1 heterocycles. The van der Waals surface area contributed by atoms with Crippen molar-refractivity contribution in [3.63, 3.8) is 0 Å². The number of aryl methyl sites for hydroxylation is 2. The Morgan fingerprint density at radius 3 is 2.95 bits per heavy atom. The fraction of sp³-hybridized carbons (Fsp3) is 0.333. The highest BCUT2D eigenvalue weighted by Gasteiger charge is 2.21. The molecule has 1 aliphatic carbocycles. The van der Waals surface area contributed by atoms with Gasteiger partial charge in [-0.2, -0.15) is 0 Å². The Morgan fingerprint density at radius 1 is 1.41 bits per heavy atom. The summed E-state index contributed by atoms with van der Waals surface area (Å²) in [4.78, 5) is 17.9. The molecule has 3 rings (SSSR count). The summed E-state index contributed by atoms with van der Waals surface area (Å²) in [7, 11) is 0. The summed E-state index contributed by atoms with van der Waals surface area (Å²) in [6, 6.07) is 4.89. The van der Waals surface area contributed by atoms with E-state index in [2.05, 4.69) is 10.3 Å². The van der Waals surface area contributed by atoms with Crippen LogP contribution in [0.25, 0.3) is 0 Å². The number of carbonyl (C=O) groups is 1. The van der Waals surface area contributed by atoms with Gasteiger partial charge in [0.2, 0.25) is 0 Å². The first-order valence-corrected chi connectivity index (χ1v) is 8.51. The summed E-state index contributed by atoms with van der Waals surface area (Å²) < 4.78 is 5.59. The van der Waals surface area contributed by atoms with Gasteiger partial charge in [0, 0.05) is 9.90 Å². The van der Waals surface area contributed by atoms with Gasteiger partial charge in [0.25, 0.3) is 5.91 Å². The van der Waals surface area contributed by atoms with Crippen LogP contribution in [0.15, 0.2) is 18.2 Å². The van der Waals surface area contributed by atoms with Gasteiger partial charge in [-0.15, -0.1) is 11.3 Å². The number of halogens is 2. The minimum Gasteiger partial charge on any atom is -0.479 e. The second-order valence-electron chi connectivity index (χ2n) is 5.07. The number of hydrogen-bond donors (Lipinski definition) is 1. The van der Waals surface area contributed by atoms with Crippen LogP contribution in [0.5, 0.6) is 5.75 Å². The maximum Gasteiger partial charge on any atom is 0.266 e. The Kier molecular flexibility index (Phi) is 4.57. The van der Waals surface area contributed by atoms with Crippen molar-refractivity contribution in [3.8, 4) is 5.75 Å². The molecule has 1 aromatic heterocycles. The molecule has 22 heavy (non-hydrogen) atoms. The number of amides is 1. The van der Waals surface area contributed by atoms with Crippen molar-refractivity contribution in [1.29, 1.82) is 0 Å². The van der Waals surface area contributed by atoms with Crippen molar-refractivity contribution < 1.29 is 9.53 Å². The molecule has 0 spiro atoms. The third-order valence-electron chi connectivity index (χ3n) is 3.39. The Hall–Kier alpha value is -1.30. The first-order chi connectivity index (χ1) is 10.5. The zero-order valence-electron chi connectivity index (χ0n) is 11.9. The fourth-order valence-corrected chi connectivity index (χ4v) is 3.77. The summed E-state index contributed by atoms with van der Waals surface area (Å²) in [5, 5.41) is 4.32. The zero-order chi connectivity index (χ0) is 15.7. The average Bonchev–Trinajstić information content (AvgIpc) is 3.02. The van der Waals surface area contributed by atoms with E-state index in [-0.39, 0.29) is 5.91 Å². The molecular weight excluding hydrogens is 343 g/mol. The summed E-state index contributed by atoms with van der Waals surface area (Å²) in [6.07, 6.45) is 2.51. The zero-order valence-corrected chi connectivity index (χ0v) is 14.2. The minimum absolute atomic E-state index is 0.251. The van der Waals surface area contributed by atoms with E-state index in [1.54, 1.807) is 25.1 Å². The number of carbonyl (C=O) groups excluding carboxylic acids is 1. The Morgan fingerprint density at radius 2 is 2.23 bits per heavy atom. The SMILES string of the molecule is C[C@@H](Oc1ccc(Cl)cc1Cl)C(=O)Nc1nc2c(s1)CCC2. The molecule has 0 fully saturated rings. The predicted molar refractivity (Wildman–Crippen MR) is 89.3 cm³/mol. The first kappa shape index (κ1) is 15.6. The highest BCUT2D eigenvalue weighted by atomic mass is 35.5. The molecule has 0 aliphatic heterocycles. The van der Waals surface area contributed by atoms with E-state index >= 15 is 0 Å². The molecule has 0 saturated heterocycles. The third kappa shape index (κ3) is 3.37. The van der Waals surface area contributed by atoms with Crippen molar-refractivity contribution in [3.05, 3.63) is 38.8 Å². The molecule has 1 atom stereocenters. The molecule has 2 aromatic rings. The molecule has 0 radical (unpaired) electrons. The summed E-state index contributed by atoms with van der Waals surface area (Å²) in [5.74, 6) is 0.175. The van der Waals surface area contributed by atoms with Crippen LogP contribution >= 0.6 is 34.5 Å². The number of benzene rings is 1. The van der Waals surface area contributed by atoms with Gasteiger partial charge in [0.05, 0.1) is 10.7 Å². The van der Waals surface area contributed by atoms with Crippen LogP contribution in [0.1, 0.15) is 23.9 Å². The second kappa shape index (κ2) is 6.44. The lowest BCUT2D eigenvalue weighted by atomic mass is 10.3. The van der Waals surface area contributed by atoms with Crippen LogP contribution in [0.4, 0.5) is 5.13 Å². The monoisotopic (exact) mass is 356 g/mol. The summed E-state index contributed by atoms with van der Waals surface area (Å²) in [6.45, 7) is 1.67. The first-order valence-electron chi connectivity index (χ1n) is 6.94. The van der Waals surface area contributed by atoms with E-state index in [0.29, 0.717) is 20.9 Å². The van der Waals surface area contributed by atoms with Gasteiger partial charge >= 0.3 is 0 Å².